The number of carbonyl (C=O) groups is 1. The van der Waals surface area contributed by atoms with Gasteiger partial charge in [0.05, 0.1) is 29.8 Å². The van der Waals surface area contributed by atoms with E-state index in [-0.39, 0.29) is 11.4 Å². The minimum Gasteiger partial charge on any atom is -0.318 e. The molecular weight excluding hydrogens is 445 g/mol. The largest absolute Gasteiger partial charge is 0.318 e. The SMILES string of the molecule is Cc1cc(F)c(NC(=O)c2cccc(Cc3nncn3CC3CC3)n2)cc1-n1cnc(C2CC2)c1. The molecule has 1 amide bonds. The molecule has 35 heavy (non-hydrogen) atoms. The average Bonchev–Trinajstić information content (AvgIpc) is 3.77. The van der Waals surface area contributed by atoms with Crippen LogP contribution in [0.4, 0.5) is 10.1 Å². The van der Waals surface area contributed by atoms with Crippen LogP contribution in [-0.4, -0.2) is 35.2 Å². The number of amides is 1. The number of hydrogen-bond donors (Lipinski definition) is 1. The molecule has 2 fully saturated rings. The molecule has 0 spiro atoms. The molecule has 4 aromatic rings. The van der Waals surface area contributed by atoms with E-state index in [0.717, 1.165) is 42.2 Å². The van der Waals surface area contributed by atoms with Gasteiger partial charge in [0.2, 0.25) is 0 Å². The second kappa shape index (κ2) is 8.72. The van der Waals surface area contributed by atoms with Gasteiger partial charge in [0.15, 0.2) is 0 Å². The van der Waals surface area contributed by atoms with Crippen molar-refractivity contribution in [2.75, 3.05) is 5.32 Å². The minimum atomic E-state index is -0.494. The number of aryl methyl sites for hydroxylation is 1. The van der Waals surface area contributed by atoms with Crippen LogP contribution in [0.1, 0.15) is 64.9 Å². The van der Waals surface area contributed by atoms with Crippen LogP contribution < -0.4 is 5.32 Å². The monoisotopic (exact) mass is 471 g/mol. The number of aromatic nitrogens is 6. The molecule has 1 N–H and O–H groups in total. The van der Waals surface area contributed by atoms with E-state index >= 15 is 0 Å². The summed E-state index contributed by atoms with van der Waals surface area (Å²) in [6, 6.07) is 8.33. The Morgan fingerprint density at radius 2 is 2.03 bits per heavy atom. The molecular formula is C26H26FN7O. The van der Waals surface area contributed by atoms with Crippen molar-refractivity contribution in [2.45, 2.75) is 51.5 Å². The zero-order valence-electron chi connectivity index (χ0n) is 19.5. The lowest BCUT2D eigenvalue weighted by Crippen LogP contribution is -2.16. The van der Waals surface area contributed by atoms with Crippen LogP contribution in [0.3, 0.4) is 0 Å². The van der Waals surface area contributed by atoms with Crippen LogP contribution in [0.25, 0.3) is 5.69 Å². The van der Waals surface area contributed by atoms with Crippen LogP contribution in [0.15, 0.2) is 49.2 Å². The molecule has 3 heterocycles. The lowest BCUT2D eigenvalue weighted by Gasteiger charge is -2.12. The third-order valence-electron chi connectivity index (χ3n) is 6.64. The number of benzene rings is 1. The Labute approximate surface area is 202 Å². The summed E-state index contributed by atoms with van der Waals surface area (Å²) < 4.78 is 18.7. The van der Waals surface area contributed by atoms with Crippen LogP contribution in [0.5, 0.6) is 0 Å². The van der Waals surface area contributed by atoms with Crippen molar-refractivity contribution in [2.24, 2.45) is 5.92 Å². The zero-order valence-corrected chi connectivity index (χ0v) is 19.5. The third-order valence-corrected chi connectivity index (χ3v) is 6.64. The summed E-state index contributed by atoms with van der Waals surface area (Å²) in [6.07, 6.45) is 10.7. The first-order chi connectivity index (χ1) is 17.0. The fourth-order valence-corrected chi connectivity index (χ4v) is 4.29. The van der Waals surface area contributed by atoms with Crippen LogP contribution in [0.2, 0.25) is 0 Å². The van der Waals surface area contributed by atoms with Crippen LogP contribution >= 0.6 is 0 Å². The van der Waals surface area contributed by atoms with E-state index in [0.29, 0.717) is 24.0 Å². The standard InChI is InChI=1S/C26H26FN7O/c1-16-9-20(27)22(11-24(16)33-13-23(28-14-33)18-7-8-18)31-26(35)21-4-2-3-19(30-21)10-25-32-29-15-34(25)12-17-5-6-17/h2-4,9,11,13-15,17-18H,5-8,10,12H2,1H3,(H,31,35). The van der Waals surface area contributed by atoms with Gasteiger partial charge in [0.25, 0.3) is 5.91 Å². The van der Waals surface area contributed by atoms with Crippen LogP contribution in [0, 0.1) is 18.7 Å². The summed E-state index contributed by atoms with van der Waals surface area (Å²) in [7, 11) is 0. The molecule has 0 unspecified atom stereocenters. The van der Waals surface area contributed by atoms with E-state index in [4.69, 9.17) is 0 Å². The number of imidazole rings is 1. The minimum absolute atomic E-state index is 0.105. The van der Waals surface area contributed by atoms with Crippen molar-refractivity contribution in [1.29, 1.82) is 0 Å². The third kappa shape index (κ3) is 4.71. The Morgan fingerprint density at radius 3 is 2.83 bits per heavy atom. The van der Waals surface area contributed by atoms with E-state index in [1.807, 2.05) is 23.8 Å². The highest BCUT2D eigenvalue weighted by molar-refractivity contribution is 6.03. The van der Waals surface area contributed by atoms with E-state index < -0.39 is 11.7 Å². The second-order valence-corrected chi connectivity index (χ2v) is 9.59. The highest BCUT2D eigenvalue weighted by Gasteiger charge is 2.26. The molecule has 0 radical (unpaired) electrons. The van der Waals surface area contributed by atoms with Gasteiger partial charge in [-0.2, -0.15) is 0 Å². The maximum Gasteiger partial charge on any atom is 0.274 e. The van der Waals surface area contributed by atoms with Gasteiger partial charge in [0, 0.05) is 24.4 Å². The average molecular weight is 472 g/mol. The number of halogens is 1. The molecule has 8 nitrogen and oxygen atoms in total. The number of carbonyl (C=O) groups excluding carboxylic acids is 1. The number of hydrogen-bond acceptors (Lipinski definition) is 5. The molecule has 0 atom stereocenters. The van der Waals surface area contributed by atoms with Gasteiger partial charge >= 0.3 is 0 Å². The van der Waals surface area contributed by atoms with Crippen LogP contribution in [-0.2, 0) is 13.0 Å². The smallest absolute Gasteiger partial charge is 0.274 e. The molecule has 9 heteroatoms. The normalized spacial score (nSPS) is 15.4. The van der Waals surface area contributed by atoms with Crippen molar-refractivity contribution in [3.05, 3.63) is 83.5 Å². The van der Waals surface area contributed by atoms with Gasteiger partial charge in [-0.05, 0) is 68.4 Å². The second-order valence-electron chi connectivity index (χ2n) is 9.59. The molecule has 178 valence electrons. The Balaban J connectivity index is 1.20. The fourth-order valence-electron chi connectivity index (χ4n) is 4.29. The summed E-state index contributed by atoms with van der Waals surface area (Å²) in [5.74, 6) is 1.08. The topological polar surface area (TPSA) is 90.5 Å². The molecule has 0 saturated heterocycles. The van der Waals surface area contributed by atoms with Gasteiger partial charge in [-0.25, -0.2) is 14.4 Å². The van der Waals surface area contributed by atoms with Gasteiger partial charge in [-0.3, -0.25) is 4.79 Å². The molecule has 1 aromatic carbocycles. The summed E-state index contributed by atoms with van der Waals surface area (Å²) in [5, 5.41) is 11.0. The van der Waals surface area contributed by atoms with Crippen molar-refractivity contribution >= 4 is 11.6 Å². The van der Waals surface area contributed by atoms with E-state index in [2.05, 4.69) is 30.0 Å². The van der Waals surface area contributed by atoms with Crippen molar-refractivity contribution in [3.8, 4) is 5.69 Å². The maximum absolute atomic E-state index is 14.8. The number of nitrogens with one attached hydrogen (secondary N) is 1. The predicted molar refractivity (Wildman–Crippen MR) is 128 cm³/mol. The summed E-state index contributed by atoms with van der Waals surface area (Å²) in [6.45, 7) is 2.75. The Kier molecular flexibility index (Phi) is 5.39. The zero-order chi connectivity index (χ0) is 23.9. The number of anilines is 1. The molecule has 2 saturated carbocycles. The first-order valence-corrected chi connectivity index (χ1v) is 12.0. The van der Waals surface area contributed by atoms with Gasteiger partial charge in [0.1, 0.15) is 23.7 Å². The highest BCUT2D eigenvalue weighted by Crippen LogP contribution is 2.39. The molecule has 2 aliphatic carbocycles. The predicted octanol–water partition coefficient (Wildman–Crippen LogP) is 4.44. The quantitative estimate of drug-likeness (QED) is 0.410. The molecule has 3 aromatic heterocycles. The Hall–Kier alpha value is -3.88. The summed E-state index contributed by atoms with van der Waals surface area (Å²) in [5.41, 5.74) is 3.62. The highest BCUT2D eigenvalue weighted by atomic mass is 19.1. The maximum atomic E-state index is 14.8. The fraction of sp³-hybridized carbons (Fsp3) is 0.346. The lowest BCUT2D eigenvalue weighted by atomic mass is 10.1. The molecule has 0 bridgehead atoms. The number of rotatable bonds is 8. The molecule has 2 aliphatic rings. The summed E-state index contributed by atoms with van der Waals surface area (Å²) in [4.78, 5) is 22.0. The van der Waals surface area contributed by atoms with Gasteiger partial charge in [-0.15, -0.1) is 10.2 Å². The van der Waals surface area contributed by atoms with Crippen molar-refractivity contribution in [3.63, 3.8) is 0 Å². The lowest BCUT2D eigenvalue weighted by molar-refractivity contribution is 0.102. The Morgan fingerprint density at radius 1 is 1.17 bits per heavy atom. The Bertz CT molecular complexity index is 1400. The summed E-state index contributed by atoms with van der Waals surface area (Å²) >= 11 is 0. The van der Waals surface area contributed by atoms with Gasteiger partial charge in [-0.1, -0.05) is 6.07 Å². The molecule has 0 aliphatic heterocycles. The van der Waals surface area contributed by atoms with E-state index in [1.165, 1.54) is 18.9 Å². The first-order valence-electron chi connectivity index (χ1n) is 12.0. The van der Waals surface area contributed by atoms with E-state index in [9.17, 15) is 9.18 Å². The molecule has 6 rings (SSSR count). The number of pyridine rings is 1. The van der Waals surface area contributed by atoms with Crippen molar-refractivity contribution < 1.29 is 9.18 Å². The van der Waals surface area contributed by atoms with Crippen molar-refractivity contribution in [1.82, 2.24) is 29.3 Å². The van der Waals surface area contributed by atoms with E-state index in [1.54, 1.807) is 30.9 Å². The number of nitrogens with zero attached hydrogens (tertiary/aromatic N) is 6. The van der Waals surface area contributed by atoms with Gasteiger partial charge < -0.3 is 14.5 Å². The first kappa shape index (κ1) is 21.6.